The van der Waals surface area contributed by atoms with Gasteiger partial charge in [-0.25, -0.2) is 8.42 Å². The Labute approximate surface area is 145 Å². The number of aryl methyl sites for hydroxylation is 1. The van der Waals surface area contributed by atoms with Gasteiger partial charge in [0.1, 0.15) is 0 Å². The van der Waals surface area contributed by atoms with Gasteiger partial charge in [-0.3, -0.25) is 4.90 Å². The second-order valence-electron chi connectivity index (χ2n) is 6.62. The maximum atomic E-state index is 12.9. The van der Waals surface area contributed by atoms with Gasteiger partial charge in [-0.1, -0.05) is 54.4 Å². The second kappa shape index (κ2) is 7.49. The molecule has 0 spiro atoms. The number of piperidine rings is 1. The lowest BCUT2D eigenvalue weighted by atomic mass is 10.0. The van der Waals surface area contributed by atoms with Crippen molar-refractivity contribution in [1.82, 2.24) is 4.90 Å². The normalized spacial score (nSPS) is 17.5. The molecule has 4 heteroatoms. The largest absolute Gasteiger partial charge is 0.295 e. The van der Waals surface area contributed by atoms with Crippen LogP contribution in [0.5, 0.6) is 0 Å². The monoisotopic (exact) mass is 343 g/mol. The van der Waals surface area contributed by atoms with E-state index in [9.17, 15) is 8.42 Å². The fourth-order valence-electron chi connectivity index (χ4n) is 3.37. The van der Waals surface area contributed by atoms with Crippen LogP contribution in [0, 0.1) is 6.92 Å². The lowest BCUT2D eigenvalue weighted by Crippen LogP contribution is -2.37. The molecule has 1 atom stereocenters. The van der Waals surface area contributed by atoms with E-state index in [4.69, 9.17) is 0 Å². The van der Waals surface area contributed by atoms with E-state index in [-0.39, 0.29) is 11.8 Å². The fourth-order valence-corrected chi connectivity index (χ4v) is 4.93. The highest BCUT2D eigenvalue weighted by Gasteiger charge is 2.28. The summed E-state index contributed by atoms with van der Waals surface area (Å²) in [5.74, 6) is 0.139. The summed E-state index contributed by atoms with van der Waals surface area (Å²) in [6.07, 6.45) is 3.53. The molecule has 2 aromatic carbocycles. The van der Waals surface area contributed by atoms with Crippen molar-refractivity contribution in [3.63, 3.8) is 0 Å². The van der Waals surface area contributed by atoms with E-state index < -0.39 is 9.84 Å². The molecule has 0 saturated carbocycles. The van der Waals surface area contributed by atoms with E-state index in [1.165, 1.54) is 6.42 Å². The molecule has 0 bridgehead atoms. The average molecular weight is 343 g/mol. The van der Waals surface area contributed by atoms with Gasteiger partial charge in [-0.05, 0) is 50.6 Å². The van der Waals surface area contributed by atoms with Gasteiger partial charge >= 0.3 is 0 Å². The van der Waals surface area contributed by atoms with Crippen molar-refractivity contribution >= 4 is 9.84 Å². The van der Waals surface area contributed by atoms with Crippen LogP contribution in [0.3, 0.4) is 0 Å². The Morgan fingerprint density at radius 2 is 1.54 bits per heavy atom. The Hall–Kier alpha value is -1.65. The molecule has 1 aliphatic rings. The van der Waals surface area contributed by atoms with E-state index in [0.29, 0.717) is 4.90 Å². The van der Waals surface area contributed by atoms with Gasteiger partial charge in [-0.15, -0.1) is 0 Å². The summed E-state index contributed by atoms with van der Waals surface area (Å²) in [5.41, 5.74) is 2.17. The number of likely N-dealkylation sites (tertiary alicyclic amines) is 1. The standard InChI is InChI=1S/C20H25NO2S/c1-17-10-12-19(13-11-17)24(22,23)16-20(18-8-4-2-5-9-18)21-14-6-3-7-15-21/h2,4-5,8-13,20H,3,6-7,14-16H2,1H3. The Kier molecular flexibility index (Phi) is 5.36. The van der Waals surface area contributed by atoms with Crippen molar-refractivity contribution in [2.75, 3.05) is 18.8 Å². The van der Waals surface area contributed by atoms with Crippen LogP contribution in [0.25, 0.3) is 0 Å². The molecule has 0 amide bonds. The van der Waals surface area contributed by atoms with E-state index in [1.54, 1.807) is 12.1 Å². The van der Waals surface area contributed by atoms with Crippen LogP contribution in [-0.2, 0) is 9.84 Å². The summed E-state index contributed by atoms with van der Waals surface area (Å²) in [4.78, 5) is 2.76. The van der Waals surface area contributed by atoms with Crippen molar-refractivity contribution in [1.29, 1.82) is 0 Å². The van der Waals surface area contributed by atoms with Gasteiger partial charge in [0, 0.05) is 6.04 Å². The zero-order valence-corrected chi connectivity index (χ0v) is 15.0. The maximum Gasteiger partial charge on any atom is 0.180 e. The number of hydrogen-bond donors (Lipinski definition) is 0. The molecule has 3 nitrogen and oxygen atoms in total. The first-order chi connectivity index (χ1) is 11.6. The van der Waals surface area contributed by atoms with Crippen LogP contribution in [-0.4, -0.2) is 32.2 Å². The van der Waals surface area contributed by atoms with Crippen LogP contribution >= 0.6 is 0 Å². The van der Waals surface area contributed by atoms with E-state index in [0.717, 1.165) is 37.1 Å². The summed E-state index contributed by atoms with van der Waals surface area (Å²) in [6, 6.07) is 17.2. The van der Waals surface area contributed by atoms with Crippen LogP contribution in [0.2, 0.25) is 0 Å². The van der Waals surface area contributed by atoms with Gasteiger partial charge in [0.2, 0.25) is 0 Å². The third-order valence-electron chi connectivity index (χ3n) is 4.77. The first kappa shape index (κ1) is 17.2. The minimum Gasteiger partial charge on any atom is -0.295 e. The molecule has 0 N–H and O–H groups in total. The molecular weight excluding hydrogens is 318 g/mol. The van der Waals surface area contributed by atoms with Crippen LogP contribution < -0.4 is 0 Å². The van der Waals surface area contributed by atoms with E-state index in [1.807, 2.05) is 49.4 Å². The quantitative estimate of drug-likeness (QED) is 0.823. The molecule has 1 unspecified atom stereocenters. The molecule has 0 radical (unpaired) electrons. The Morgan fingerprint density at radius 3 is 2.17 bits per heavy atom. The summed E-state index contributed by atoms with van der Waals surface area (Å²) >= 11 is 0. The lowest BCUT2D eigenvalue weighted by Gasteiger charge is -2.34. The van der Waals surface area contributed by atoms with Crippen molar-refractivity contribution in [3.8, 4) is 0 Å². The highest BCUT2D eigenvalue weighted by Crippen LogP contribution is 2.28. The molecule has 0 aromatic heterocycles. The summed E-state index contributed by atoms with van der Waals surface area (Å²) in [7, 11) is -3.32. The van der Waals surface area contributed by atoms with Crippen molar-refractivity contribution in [3.05, 3.63) is 65.7 Å². The topological polar surface area (TPSA) is 37.4 Å². The smallest absolute Gasteiger partial charge is 0.180 e. The van der Waals surface area contributed by atoms with E-state index in [2.05, 4.69) is 4.90 Å². The Bertz CT molecular complexity index is 748. The first-order valence-electron chi connectivity index (χ1n) is 8.65. The molecule has 0 aliphatic carbocycles. The first-order valence-corrected chi connectivity index (χ1v) is 10.3. The van der Waals surface area contributed by atoms with E-state index >= 15 is 0 Å². The number of benzene rings is 2. The molecule has 1 aliphatic heterocycles. The highest BCUT2D eigenvalue weighted by molar-refractivity contribution is 7.91. The Balaban J connectivity index is 1.89. The molecule has 1 saturated heterocycles. The average Bonchev–Trinajstić information content (AvgIpc) is 2.62. The Morgan fingerprint density at radius 1 is 0.917 bits per heavy atom. The van der Waals surface area contributed by atoms with Gasteiger partial charge < -0.3 is 0 Å². The number of nitrogens with zero attached hydrogens (tertiary/aromatic N) is 1. The van der Waals surface area contributed by atoms with Crippen molar-refractivity contribution < 1.29 is 8.42 Å². The molecule has 128 valence electrons. The maximum absolute atomic E-state index is 12.9. The zero-order valence-electron chi connectivity index (χ0n) is 14.2. The zero-order chi connectivity index (χ0) is 17.0. The predicted octanol–water partition coefficient (Wildman–Crippen LogP) is 4.00. The molecule has 1 fully saturated rings. The third-order valence-corrected chi connectivity index (χ3v) is 6.52. The van der Waals surface area contributed by atoms with Gasteiger partial charge in [-0.2, -0.15) is 0 Å². The van der Waals surface area contributed by atoms with Crippen molar-refractivity contribution in [2.24, 2.45) is 0 Å². The lowest BCUT2D eigenvalue weighted by molar-refractivity contribution is 0.176. The molecule has 1 heterocycles. The van der Waals surface area contributed by atoms with Crippen molar-refractivity contribution in [2.45, 2.75) is 37.1 Å². The summed E-state index contributed by atoms with van der Waals surface area (Å²) in [5, 5.41) is 0. The predicted molar refractivity (Wildman–Crippen MR) is 97.8 cm³/mol. The second-order valence-corrected chi connectivity index (χ2v) is 8.65. The SMILES string of the molecule is Cc1ccc(S(=O)(=O)CC(c2ccccc2)N2CCCCC2)cc1. The summed E-state index contributed by atoms with van der Waals surface area (Å²) < 4.78 is 25.9. The van der Waals surface area contributed by atoms with Crippen LogP contribution in [0.1, 0.15) is 36.4 Å². The minimum atomic E-state index is -3.32. The van der Waals surface area contributed by atoms with Crippen LogP contribution in [0.15, 0.2) is 59.5 Å². The van der Waals surface area contributed by atoms with Crippen LogP contribution in [0.4, 0.5) is 0 Å². The molecule has 24 heavy (non-hydrogen) atoms. The fraction of sp³-hybridized carbons (Fsp3) is 0.400. The van der Waals surface area contributed by atoms with Gasteiger partial charge in [0.05, 0.1) is 10.6 Å². The molecule has 3 rings (SSSR count). The minimum absolute atomic E-state index is 0.0715. The highest BCUT2D eigenvalue weighted by atomic mass is 32.2. The van der Waals surface area contributed by atoms with Gasteiger partial charge in [0.15, 0.2) is 9.84 Å². The summed E-state index contributed by atoms with van der Waals surface area (Å²) in [6.45, 7) is 3.92. The number of rotatable bonds is 5. The number of hydrogen-bond acceptors (Lipinski definition) is 3. The third kappa shape index (κ3) is 4.05. The molecular formula is C20H25NO2S. The van der Waals surface area contributed by atoms with Gasteiger partial charge in [0.25, 0.3) is 0 Å². The number of sulfone groups is 1. The molecule has 2 aromatic rings.